The third-order valence-electron chi connectivity index (χ3n) is 2.46. The van der Waals surface area contributed by atoms with E-state index in [0.29, 0.717) is 11.7 Å². The van der Waals surface area contributed by atoms with Crippen LogP contribution in [0.15, 0.2) is 11.6 Å². The normalized spacial score (nSPS) is 24.0. The second kappa shape index (κ2) is 5.00. The van der Waals surface area contributed by atoms with Gasteiger partial charge in [0.2, 0.25) is 0 Å². The van der Waals surface area contributed by atoms with E-state index in [1.54, 1.807) is 0 Å². The SMILES string of the molecule is CC1=CC(=O)CCC1CCCI. The van der Waals surface area contributed by atoms with E-state index >= 15 is 0 Å². The van der Waals surface area contributed by atoms with Crippen molar-refractivity contribution in [2.75, 3.05) is 4.43 Å². The van der Waals surface area contributed by atoms with Gasteiger partial charge in [-0.2, -0.15) is 0 Å². The Balaban J connectivity index is 2.45. The van der Waals surface area contributed by atoms with Crippen molar-refractivity contribution in [1.29, 1.82) is 0 Å². The van der Waals surface area contributed by atoms with Gasteiger partial charge in [-0.3, -0.25) is 4.79 Å². The van der Waals surface area contributed by atoms with Crippen molar-refractivity contribution in [3.63, 3.8) is 0 Å². The minimum Gasteiger partial charge on any atom is -0.295 e. The van der Waals surface area contributed by atoms with Gasteiger partial charge in [0, 0.05) is 6.42 Å². The van der Waals surface area contributed by atoms with Gasteiger partial charge >= 0.3 is 0 Å². The summed E-state index contributed by atoms with van der Waals surface area (Å²) in [7, 11) is 0. The highest BCUT2D eigenvalue weighted by Gasteiger charge is 2.17. The first-order valence-corrected chi connectivity index (χ1v) is 6.03. The van der Waals surface area contributed by atoms with Crippen molar-refractivity contribution >= 4 is 28.4 Å². The predicted octanol–water partition coefficient (Wildman–Crippen LogP) is 3.13. The van der Waals surface area contributed by atoms with Crippen LogP contribution in [0.3, 0.4) is 0 Å². The molecule has 0 saturated heterocycles. The van der Waals surface area contributed by atoms with Gasteiger partial charge in [-0.25, -0.2) is 0 Å². The Bertz CT molecular complexity index is 196. The minimum absolute atomic E-state index is 0.318. The fourth-order valence-corrected chi connectivity index (χ4v) is 2.12. The van der Waals surface area contributed by atoms with Crippen LogP contribution in [0.25, 0.3) is 0 Å². The summed E-state index contributed by atoms with van der Waals surface area (Å²) in [6.07, 6.45) is 6.23. The Hall–Kier alpha value is 0.140. The van der Waals surface area contributed by atoms with Gasteiger partial charge in [0.15, 0.2) is 5.78 Å². The molecule has 0 aromatic heterocycles. The molecule has 1 rings (SSSR count). The van der Waals surface area contributed by atoms with Gasteiger partial charge in [-0.1, -0.05) is 28.2 Å². The molecule has 2 heteroatoms. The highest BCUT2D eigenvalue weighted by molar-refractivity contribution is 14.1. The summed E-state index contributed by atoms with van der Waals surface area (Å²) >= 11 is 2.41. The van der Waals surface area contributed by atoms with E-state index in [0.717, 1.165) is 12.8 Å². The Labute approximate surface area is 87.8 Å². The highest BCUT2D eigenvalue weighted by atomic mass is 127. The van der Waals surface area contributed by atoms with E-state index in [4.69, 9.17) is 0 Å². The van der Waals surface area contributed by atoms with Crippen LogP contribution in [0.4, 0.5) is 0 Å². The zero-order valence-electron chi connectivity index (χ0n) is 7.48. The summed E-state index contributed by atoms with van der Waals surface area (Å²) in [6, 6.07) is 0. The zero-order valence-corrected chi connectivity index (χ0v) is 9.63. The van der Waals surface area contributed by atoms with Crippen molar-refractivity contribution in [3.05, 3.63) is 11.6 Å². The number of alkyl halides is 1. The van der Waals surface area contributed by atoms with Gasteiger partial charge in [0.05, 0.1) is 0 Å². The summed E-state index contributed by atoms with van der Waals surface area (Å²) in [6.45, 7) is 2.09. The second-order valence-electron chi connectivity index (χ2n) is 3.42. The lowest BCUT2D eigenvalue weighted by Gasteiger charge is -2.20. The molecule has 1 atom stereocenters. The van der Waals surface area contributed by atoms with E-state index in [9.17, 15) is 4.79 Å². The lowest BCUT2D eigenvalue weighted by atomic mass is 9.85. The van der Waals surface area contributed by atoms with E-state index in [1.807, 2.05) is 6.08 Å². The molecule has 12 heavy (non-hydrogen) atoms. The number of carbonyl (C=O) groups is 1. The maximum Gasteiger partial charge on any atom is 0.155 e. The molecular formula is C10H15IO. The first kappa shape index (κ1) is 10.2. The van der Waals surface area contributed by atoms with Crippen LogP contribution in [0.1, 0.15) is 32.6 Å². The second-order valence-corrected chi connectivity index (χ2v) is 4.50. The van der Waals surface area contributed by atoms with E-state index in [1.165, 1.54) is 22.8 Å². The maximum absolute atomic E-state index is 11.0. The number of ketones is 1. The minimum atomic E-state index is 0.318. The predicted molar refractivity (Wildman–Crippen MR) is 59.6 cm³/mol. The van der Waals surface area contributed by atoms with Gasteiger partial charge in [-0.05, 0) is 42.6 Å². The van der Waals surface area contributed by atoms with E-state index in [2.05, 4.69) is 29.5 Å². The van der Waals surface area contributed by atoms with Gasteiger partial charge in [0.1, 0.15) is 0 Å². The summed E-state index contributed by atoms with van der Waals surface area (Å²) in [5, 5.41) is 0. The topological polar surface area (TPSA) is 17.1 Å². The fourth-order valence-electron chi connectivity index (χ4n) is 1.68. The standard InChI is InChI=1S/C10H15IO/c1-8-7-10(12)5-4-9(8)3-2-6-11/h7,9H,2-6H2,1H3. The lowest BCUT2D eigenvalue weighted by Crippen LogP contribution is -2.12. The number of halogens is 1. The average molecular weight is 278 g/mol. The maximum atomic E-state index is 11.0. The Kier molecular flexibility index (Phi) is 4.26. The molecule has 1 aliphatic carbocycles. The number of hydrogen-bond acceptors (Lipinski definition) is 1. The largest absolute Gasteiger partial charge is 0.295 e. The molecule has 68 valence electrons. The molecule has 0 heterocycles. The molecular weight excluding hydrogens is 263 g/mol. The first-order valence-electron chi connectivity index (χ1n) is 4.51. The van der Waals surface area contributed by atoms with Crippen LogP contribution in [-0.2, 0) is 4.79 Å². The lowest BCUT2D eigenvalue weighted by molar-refractivity contribution is -0.115. The summed E-state index contributed by atoms with van der Waals surface area (Å²) in [5.74, 6) is 1.01. The summed E-state index contributed by atoms with van der Waals surface area (Å²) < 4.78 is 1.23. The average Bonchev–Trinajstić information content (AvgIpc) is 2.03. The molecule has 0 aromatic carbocycles. The van der Waals surface area contributed by atoms with Crippen LogP contribution >= 0.6 is 22.6 Å². The molecule has 0 aliphatic heterocycles. The Morgan fingerprint density at radius 3 is 3.00 bits per heavy atom. The monoisotopic (exact) mass is 278 g/mol. The van der Waals surface area contributed by atoms with Gasteiger partial charge in [-0.15, -0.1) is 0 Å². The molecule has 0 bridgehead atoms. The Morgan fingerprint density at radius 2 is 2.42 bits per heavy atom. The van der Waals surface area contributed by atoms with Crippen molar-refractivity contribution in [2.45, 2.75) is 32.6 Å². The van der Waals surface area contributed by atoms with Crippen LogP contribution < -0.4 is 0 Å². The van der Waals surface area contributed by atoms with Crippen LogP contribution in [0.2, 0.25) is 0 Å². The van der Waals surface area contributed by atoms with Crippen LogP contribution in [0.5, 0.6) is 0 Å². The molecule has 1 aliphatic rings. The van der Waals surface area contributed by atoms with Crippen LogP contribution in [-0.4, -0.2) is 10.2 Å². The third-order valence-corrected chi connectivity index (χ3v) is 3.22. The molecule has 0 radical (unpaired) electrons. The fraction of sp³-hybridized carbons (Fsp3) is 0.700. The number of carbonyl (C=O) groups excluding carboxylic acids is 1. The molecule has 0 amide bonds. The van der Waals surface area contributed by atoms with Crippen molar-refractivity contribution in [1.82, 2.24) is 0 Å². The van der Waals surface area contributed by atoms with E-state index in [-0.39, 0.29) is 0 Å². The van der Waals surface area contributed by atoms with E-state index < -0.39 is 0 Å². The molecule has 0 spiro atoms. The zero-order chi connectivity index (χ0) is 8.97. The molecule has 0 aromatic rings. The van der Waals surface area contributed by atoms with Crippen molar-refractivity contribution < 1.29 is 4.79 Å². The first-order chi connectivity index (χ1) is 5.74. The van der Waals surface area contributed by atoms with Crippen molar-refractivity contribution in [2.24, 2.45) is 5.92 Å². The molecule has 0 N–H and O–H groups in total. The summed E-state index contributed by atoms with van der Waals surface area (Å²) in [5.41, 5.74) is 1.30. The van der Waals surface area contributed by atoms with Gasteiger partial charge in [0.25, 0.3) is 0 Å². The quantitative estimate of drug-likeness (QED) is 0.572. The summed E-state index contributed by atoms with van der Waals surface area (Å²) in [4.78, 5) is 11.0. The van der Waals surface area contributed by atoms with Gasteiger partial charge < -0.3 is 0 Å². The van der Waals surface area contributed by atoms with Crippen LogP contribution in [0, 0.1) is 5.92 Å². The number of hydrogen-bond donors (Lipinski definition) is 0. The number of allylic oxidation sites excluding steroid dienone is 2. The molecule has 1 unspecified atom stereocenters. The highest BCUT2D eigenvalue weighted by Crippen LogP contribution is 2.26. The van der Waals surface area contributed by atoms with Crippen molar-refractivity contribution in [3.8, 4) is 0 Å². The molecule has 0 fully saturated rings. The molecule has 0 saturated carbocycles. The third kappa shape index (κ3) is 2.88. The smallest absolute Gasteiger partial charge is 0.155 e. The number of rotatable bonds is 3. The Morgan fingerprint density at radius 1 is 1.67 bits per heavy atom. The molecule has 1 nitrogen and oxygen atoms in total.